The first kappa shape index (κ1) is 46.0. The SMILES string of the molecule is Cl.Clc1ccnc(Cl)n1.Clc1nccc(N2CCc3ccccc32)n1.Nc1ccccc1.c1ccc(Nc2nccc(N3CCc4ccccc43)n2)cc1.c1ccc2c(c1)CCN2. The van der Waals surface area contributed by atoms with E-state index >= 15 is 0 Å². The van der Waals surface area contributed by atoms with Gasteiger partial charge >= 0.3 is 0 Å². The zero-order chi connectivity index (χ0) is 42.9. The Kier molecular flexibility index (Phi) is 17.3. The van der Waals surface area contributed by atoms with Crippen LogP contribution in [0.15, 0.2) is 170 Å². The molecule has 4 N–H and O–H groups in total. The summed E-state index contributed by atoms with van der Waals surface area (Å²) in [5.74, 6) is 2.41. The molecule has 0 saturated carbocycles. The molecule has 320 valence electrons. The first-order valence-corrected chi connectivity index (χ1v) is 21.1. The highest BCUT2D eigenvalue weighted by molar-refractivity contribution is 6.31. The third kappa shape index (κ3) is 13.5. The second-order valence-corrected chi connectivity index (χ2v) is 14.9. The van der Waals surface area contributed by atoms with Crippen LogP contribution >= 0.6 is 47.2 Å². The lowest BCUT2D eigenvalue weighted by Crippen LogP contribution is -2.15. The summed E-state index contributed by atoms with van der Waals surface area (Å²) in [6.07, 6.45) is 8.29. The van der Waals surface area contributed by atoms with Crippen molar-refractivity contribution >= 4 is 93.2 Å². The molecule has 0 aliphatic carbocycles. The molecule has 0 amide bonds. The lowest BCUT2D eigenvalue weighted by molar-refractivity contribution is 0.964. The van der Waals surface area contributed by atoms with Crippen molar-refractivity contribution in [2.45, 2.75) is 19.3 Å². The summed E-state index contributed by atoms with van der Waals surface area (Å²) in [5, 5.41) is 7.38. The molecular weight excluding hydrogens is 872 g/mol. The van der Waals surface area contributed by atoms with E-state index in [2.05, 4.69) is 117 Å². The van der Waals surface area contributed by atoms with E-state index in [0.717, 1.165) is 55.5 Å². The molecule has 0 spiro atoms. The fourth-order valence-corrected chi connectivity index (χ4v) is 7.32. The predicted octanol–water partition coefficient (Wildman–Crippen LogP) is 11.9. The number of hydrogen-bond donors (Lipinski definition) is 3. The maximum Gasteiger partial charge on any atom is 0.229 e. The molecule has 6 heterocycles. The Bertz CT molecular complexity index is 2600. The van der Waals surface area contributed by atoms with Crippen LogP contribution < -0.4 is 26.2 Å². The average Bonchev–Trinajstić information content (AvgIpc) is 4.07. The average molecular weight is 918 g/mol. The van der Waals surface area contributed by atoms with Gasteiger partial charge in [-0.3, -0.25) is 0 Å². The van der Waals surface area contributed by atoms with Gasteiger partial charge in [0, 0.05) is 66.7 Å². The van der Waals surface area contributed by atoms with E-state index < -0.39 is 0 Å². The van der Waals surface area contributed by atoms with Gasteiger partial charge in [-0.25, -0.2) is 24.9 Å². The van der Waals surface area contributed by atoms with Crippen molar-refractivity contribution < 1.29 is 0 Å². The van der Waals surface area contributed by atoms with Crippen molar-refractivity contribution in [3.8, 4) is 0 Å². The molecule has 0 atom stereocenters. The number of aromatic nitrogens is 6. The van der Waals surface area contributed by atoms with Gasteiger partial charge in [0.2, 0.25) is 16.5 Å². The standard InChI is InChI=1S/C18H16N4.C12H10ClN3.C8H9N.C6H7N.C4H2Cl2N2.ClH/c1-2-7-15(8-3-1)20-18-19-12-10-17(21-18)22-13-11-14-6-4-5-9-16(14)22;13-12-14-7-5-11(15-12)16-8-6-9-3-1-2-4-10(9)16;1-2-4-8-7(3-1)5-6-9-8;7-6-4-2-1-3-5-6;5-3-1-2-7-4(6)8-3;/h1-10,12H,11,13H2,(H,19,20,21);1-5,7H,6,8H2;1-4,9H,5-6H2;1-5H,7H2;1-2H;1H. The van der Waals surface area contributed by atoms with E-state index in [0.29, 0.717) is 16.4 Å². The second kappa shape index (κ2) is 23.6. The Morgan fingerprint density at radius 2 is 1.02 bits per heavy atom. The van der Waals surface area contributed by atoms with Crippen molar-refractivity contribution in [2.24, 2.45) is 0 Å². The van der Waals surface area contributed by atoms with Crippen molar-refractivity contribution in [3.05, 3.63) is 203 Å². The van der Waals surface area contributed by atoms with E-state index in [9.17, 15) is 0 Å². The molecule has 5 aromatic carbocycles. The molecule has 11 rings (SSSR count). The molecule has 0 unspecified atom stereocenters. The minimum absolute atomic E-state index is 0. The molecule has 3 aliphatic heterocycles. The van der Waals surface area contributed by atoms with Gasteiger partial charge in [0.1, 0.15) is 16.8 Å². The van der Waals surface area contributed by atoms with Crippen molar-refractivity contribution in [2.75, 3.05) is 45.8 Å². The van der Waals surface area contributed by atoms with Gasteiger partial charge < -0.3 is 26.2 Å². The molecular formula is C48H45Cl4N11. The Balaban J connectivity index is 0.000000141. The van der Waals surface area contributed by atoms with Crippen LogP contribution in [0.3, 0.4) is 0 Å². The molecule has 63 heavy (non-hydrogen) atoms. The smallest absolute Gasteiger partial charge is 0.229 e. The summed E-state index contributed by atoms with van der Waals surface area (Å²) in [5.41, 5.74) is 15.1. The number of para-hydroxylation sites is 5. The van der Waals surface area contributed by atoms with E-state index in [1.807, 2.05) is 78.9 Å². The third-order valence-corrected chi connectivity index (χ3v) is 10.3. The number of halogens is 4. The Morgan fingerprint density at radius 3 is 1.56 bits per heavy atom. The van der Waals surface area contributed by atoms with Gasteiger partial charge in [-0.05, 0) is 120 Å². The van der Waals surface area contributed by atoms with Crippen LogP contribution in [0.4, 0.5) is 46.0 Å². The van der Waals surface area contributed by atoms with E-state index in [-0.39, 0.29) is 17.7 Å². The number of nitrogens with zero attached hydrogens (tertiary/aromatic N) is 8. The van der Waals surface area contributed by atoms with Crippen LogP contribution in [0, 0.1) is 0 Å². The van der Waals surface area contributed by atoms with Crippen LogP contribution in [0.1, 0.15) is 16.7 Å². The van der Waals surface area contributed by atoms with Crippen LogP contribution in [-0.4, -0.2) is 49.5 Å². The molecule has 0 fully saturated rings. The zero-order valence-corrected chi connectivity index (χ0v) is 37.2. The number of anilines is 8. The molecule has 8 aromatic rings. The third-order valence-electron chi connectivity index (χ3n) is 9.73. The second-order valence-electron chi connectivity index (χ2n) is 13.9. The summed E-state index contributed by atoms with van der Waals surface area (Å²) in [7, 11) is 0. The number of rotatable bonds is 4. The van der Waals surface area contributed by atoms with Gasteiger partial charge in [-0.15, -0.1) is 12.4 Å². The largest absolute Gasteiger partial charge is 0.399 e. The lowest BCUT2D eigenvalue weighted by Gasteiger charge is -2.18. The van der Waals surface area contributed by atoms with Crippen molar-refractivity contribution in [1.82, 2.24) is 29.9 Å². The zero-order valence-electron chi connectivity index (χ0n) is 34.1. The van der Waals surface area contributed by atoms with Crippen LogP contribution in [0.2, 0.25) is 15.7 Å². The Hall–Kier alpha value is -6.50. The maximum absolute atomic E-state index is 5.80. The highest BCUT2D eigenvalue weighted by Gasteiger charge is 2.22. The molecule has 0 bridgehead atoms. The minimum Gasteiger partial charge on any atom is -0.399 e. The number of benzene rings is 5. The van der Waals surface area contributed by atoms with Gasteiger partial charge in [-0.1, -0.05) is 103 Å². The van der Waals surface area contributed by atoms with Crippen LogP contribution in [-0.2, 0) is 19.3 Å². The minimum atomic E-state index is 0. The number of hydrogen-bond acceptors (Lipinski definition) is 11. The normalized spacial score (nSPS) is 12.3. The number of nitrogens with two attached hydrogens (primary N) is 1. The number of fused-ring (bicyclic) bond motifs is 3. The van der Waals surface area contributed by atoms with Gasteiger partial charge in [0.05, 0.1) is 0 Å². The first-order chi connectivity index (χ1) is 30.4. The molecule has 3 aromatic heterocycles. The molecule has 11 nitrogen and oxygen atoms in total. The molecule has 3 aliphatic rings. The Morgan fingerprint density at radius 1 is 0.508 bits per heavy atom. The van der Waals surface area contributed by atoms with Gasteiger partial charge in [0.25, 0.3) is 0 Å². The first-order valence-electron chi connectivity index (χ1n) is 20.0. The fourth-order valence-electron chi connectivity index (χ4n) is 6.85. The highest BCUT2D eigenvalue weighted by Crippen LogP contribution is 2.34. The van der Waals surface area contributed by atoms with Crippen molar-refractivity contribution in [3.63, 3.8) is 0 Å². The topological polar surface area (TPSA) is 134 Å². The highest BCUT2D eigenvalue weighted by atomic mass is 35.5. The summed E-state index contributed by atoms with van der Waals surface area (Å²) < 4.78 is 0. The predicted molar refractivity (Wildman–Crippen MR) is 262 cm³/mol. The van der Waals surface area contributed by atoms with E-state index in [1.54, 1.807) is 18.5 Å². The molecule has 0 radical (unpaired) electrons. The molecule has 15 heteroatoms. The van der Waals surface area contributed by atoms with Crippen molar-refractivity contribution in [1.29, 1.82) is 0 Å². The Labute approximate surface area is 388 Å². The fraction of sp³-hybridized carbons (Fsp3) is 0.125. The summed E-state index contributed by atoms with van der Waals surface area (Å²) >= 11 is 16.5. The lowest BCUT2D eigenvalue weighted by atomic mass is 10.2. The van der Waals surface area contributed by atoms with Crippen LogP contribution in [0.5, 0.6) is 0 Å². The van der Waals surface area contributed by atoms with E-state index in [1.165, 1.54) is 46.4 Å². The van der Waals surface area contributed by atoms with E-state index in [4.69, 9.17) is 40.5 Å². The molecule has 0 saturated heterocycles. The number of nitrogens with one attached hydrogen (secondary N) is 2. The summed E-state index contributed by atoms with van der Waals surface area (Å²) in [6.45, 7) is 3.02. The quantitative estimate of drug-likeness (QED) is 0.0885. The van der Waals surface area contributed by atoms with Gasteiger partial charge in [-0.2, -0.15) is 4.98 Å². The monoisotopic (exact) mass is 915 g/mol. The van der Waals surface area contributed by atoms with Gasteiger partial charge in [0.15, 0.2) is 0 Å². The summed E-state index contributed by atoms with van der Waals surface area (Å²) in [4.78, 5) is 28.7. The summed E-state index contributed by atoms with van der Waals surface area (Å²) in [6, 6.07) is 50.2. The number of nitrogen functional groups attached to an aromatic ring is 1. The van der Waals surface area contributed by atoms with Crippen LogP contribution in [0.25, 0.3) is 0 Å². The maximum atomic E-state index is 5.80.